The van der Waals surface area contributed by atoms with E-state index in [0.29, 0.717) is 0 Å². The number of aryl methyl sites for hydroxylation is 2. The number of morpholine rings is 1. The zero-order chi connectivity index (χ0) is 14.2. The third-order valence-electron chi connectivity index (χ3n) is 3.81. The lowest BCUT2D eigenvalue weighted by molar-refractivity contribution is 0.0374. The van der Waals surface area contributed by atoms with Gasteiger partial charge in [0.05, 0.1) is 24.6 Å². The molecule has 2 heterocycles. The van der Waals surface area contributed by atoms with Gasteiger partial charge < -0.3 is 10.1 Å². The Morgan fingerprint density at radius 3 is 2.80 bits per heavy atom. The minimum absolute atomic E-state index is 0.892. The topological polar surface area (TPSA) is 42.3 Å². The Morgan fingerprint density at radius 2 is 2.10 bits per heavy atom. The van der Waals surface area contributed by atoms with Crippen molar-refractivity contribution in [3.8, 4) is 0 Å². The lowest BCUT2D eigenvalue weighted by Crippen LogP contribution is -2.37. The van der Waals surface area contributed by atoms with Gasteiger partial charge in [-0.25, -0.2) is 0 Å². The second-order valence-electron chi connectivity index (χ2n) is 5.28. The molecule has 114 valence electrons. The number of rotatable bonds is 8. The van der Waals surface area contributed by atoms with Crippen LogP contribution in [-0.4, -0.2) is 54.1 Å². The summed E-state index contributed by atoms with van der Waals surface area (Å²) in [5, 5.41) is 8.11. The average Bonchev–Trinajstić information content (AvgIpc) is 2.90. The highest BCUT2D eigenvalue weighted by Gasteiger charge is 2.09. The summed E-state index contributed by atoms with van der Waals surface area (Å²) in [5.41, 5.74) is 2.49. The first-order valence-corrected chi connectivity index (χ1v) is 7.90. The van der Waals surface area contributed by atoms with Crippen LogP contribution >= 0.6 is 0 Å². The van der Waals surface area contributed by atoms with Gasteiger partial charge in [0, 0.05) is 26.2 Å². The molecule has 0 radical (unpaired) electrons. The summed E-state index contributed by atoms with van der Waals surface area (Å²) in [6, 6.07) is 2.22. The lowest BCUT2D eigenvalue weighted by Gasteiger charge is -2.26. The highest BCUT2D eigenvalue weighted by atomic mass is 16.5. The molecule has 20 heavy (non-hydrogen) atoms. The van der Waals surface area contributed by atoms with E-state index < -0.39 is 0 Å². The van der Waals surface area contributed by atoms with E-state index in [9.17, 15) is 0 Å². The monoisotopic (exact) mass is 280 g/mol. The van der Waals surface area contributed by atoms with Crippen molar-refractivity contribution in [3.05, 3.63) is 17.5 Å². The predicted octanol–water partition coefficient (Wildman–Crippen LogP) is 1.28. The van der Waals surface area contributed by atoms with Crippen LogP contribution in [0.25, 0.3) is 0 Å². The highest BCUT2D eigenvalue weighted by molar-refractivity contribution is 5.10. The molecule has 0 saturated carbocycles. The Hall–Kier alpha value is -0.910. The molecular formula is C15H28N4O. The summed E-state index contributed by atoms with van der Waals surface area (Å²) >= 11 is 0. The van der Waals surface area contributed by atoms with Crippen molar-refractivity contribution in [2.24, 2.45) is 0 Å². The fraction of sp³-hybridized carbons (Fsp3) is 0.800. The zero-order valence-corrected chi connectivity index (χ0v) is 12.9. The first kappa shape index (κ1) is 15.5. The molecule has 5 nitrogen and oxygen atoms in total. The van der Waals surface area contributed by atoms with Gasteiger partial charge >= 0.3 is 0 Å². The van der Waals surface area contributed by atoms with Crippen molar-refractivity contribution in [1.82, 2.24) is 20.0 Å². The first-order valence-electron chi connectivity index (χ1n) is 7.90. The molecule has 1 aromatic rings. The van der Waals surface area contributed by atoms with Crippen molar-refractivity contribution in [3.63, 3.8) is 0 Å². The fourth-order valence-electron chi connectivity index (χ4n) is 2.57. The van der Waals surface area contributed by atoms with Gasteiger partial charge in [0.2, 0.25) is 0 Å². The molecule has 2 rings (SSSR count). The van der Waals surface area contributed by atoms with Gasteiger partial charge in [-0.3, -0.25) is 9.58 Å². The molecular weight excluding hydrogens is 252 g/mol. The number of nitrogens with one attached hydrogen (secondary N) is 1. The van der Waals surface area contributed by atoms with Gasteiger partial charge in [-0.2, -0.15) is 5.10 Å². The van der Waals surface area contributed by atoms with Crippen LogP contribution < -0.4 is 5.32 Å². The molecule has 0 unspecified atom stereocenters. The third-order valence-corrected chi connectivity index (χ3v) is 3.81. The van der Waals surface area contributed by atoms with Crippen LogP contribution in [0.5, 0.6) is 0 Å². The molecule has 1 saturated heterocycles. The maximum Gasteiger partial charge on any atom is 0.0625 e. The Kier molecular flexibility index (Phi) is 6.50. The smallest absolute Gasteiger partial charge is 0.0625 e. The fourth-order valence-corrected chi connectivity index (χ4v) is 2.57. The Bertz CT molecular complexity index is 385. The summed E-state index contributed by atoms with van der Waals surface area (Å²) in [5.74, 6) is 0. The van der Waals surface area contributed by atoms with E-state index in [1.54, 1.807) is 0 Å². The maximum atomic E-state index is 5.36. The molecule has 1 aliphatic rings. The van der Waals surface area contributed by atoms with Gasteiger partial charge in [-0.15, -0.1) is 0 Å². The Morgan fingerprint density at radius 1 is 1.30 bits per heavy atom. The van der Waals surface area contributed by atoms with Crippen molar-refractivity contribution >= 4 is 0 Å². The lowest BCUT2D eigenvalue weighted by atomic mass is 10.3. The summed E-state index contributed by atoms with van der Waals surface area (Å²) < 4.78 is 7.46. The highest BCUT2D eigenvalue weighted by Crippen LogP contribution is 2.05. The van der Waals surface area contributed by atoms with Gasteiger partial charge in [-0.1, -0.05) is 6.92 Å². The van der Waals surface area contributed by atoms with Gasteiger partial charge in [-0.05, 0) is 38.9 Å². The second kappa shape index (κ2) is 8.39. The molecule has 1 aromatic heterocycles. The number of ether oxygens (including phenoxy) is 1. The summed E-state index contributed by atoms with van der Waals surface area (Å²) in [4.78, 5) is 2.48. The predicted molar refractivity (Wildman–Crippen MR) is 80.9 cm³/mol. The van der Waals surface area contributed by atoms with Crippen LogP contribution in [0.2, 0.25) is 0 Å². The van der Waals surface area contributed by atoms with Crippen molar-refractivity contribution in [1.29, 1.82) is 0 Å². The van der Waals surface area contributed by atoms with Gasteiger partial charge in [0.25, 0.3) is 0 Å². The molecule has 0 atom stereocenters. The minimum Gasteiger partial charge on any atom is -0.379 e. The quantitative estimate of drug-likeness (QED) is 0.728. The van der Waals surface area contributed by atoms with Crippen LogP contribution in [0.15, 0.2) is 6.07 Å². The molecule has 1 N–H and O–H groups in total. The van der Waals surface area contributed by atoms with Gasteiger partial charge in [0.1, 0.15) is 0 Å². The van der Waals surface area contributed by atoms with E-state index in [0.717, 1.165) is 52.4 Å². The standard InChI is InChI=1S/C15H28N4O/c1-3-14-12-15(19(4-2)17-14)13-16-6-5-7-18-8-10-20-11-9-18/h12,16H,3-11,13H2,1-2H3. The summed E-state index contributed by atoms with van der Waals surface area (Å²) in [6.07, 6.45) is 2.21. The summed E-state index contributed by atoms with van der Waals surface area (Å²) in [6.45, 7) is 12.4. The van der Waals surface area contributed by atoms with E-state index in [1.165, 1.54) is 24.4 Å². The van der Waals surface area contributed by atoms with Crippen molar-refractivity contribution in [2.75, 3.05) is 39.4 Å². The minimum atomic E-state index is 0.892. The molecule has 5 heteroatoms. The van der Waals surface area contributed by atoms with Crippen LogP contribution in [0, 0.1) is 0 Å². The van der Waals surface area contributed by atoms with Crippen molar-refractivity contribution in [2.45, 2.75) is 39.8 Å². The van der Waals surface area contributed by atoms with E-state index in [-0.39, 0.29) is 0 Å². The molecule has 0 amide bonds. The number of nitrogens with zero attached hydrogens (tertiary/aromatic N) is 3. The SMILES string of the molecule is CCc1cc(CNCCCN2CCOCC2)n(CC)n1. The van der Waals surface area contributed by atoms with Crippen molar-refractivity contribution < 1.29 is 4.74 Å². The third kappa shape index (κ3) is 4.58. The molecule has 0 aromatic carbocycles. The summed E-state index contributed by atoms with van der Waals surface area (Å²) in [7, 11) is 0. The second-order valence-corrected chi connectivity index (χ2v) is 5.28. The van der Waals surface area contributed by atoms with Gasteiger partial charge in [0.15, 0.2) is 0 Å². The Balaban J connectivity index is 1.63. The maximum absolute atomic E-state index is 5.36. The van der Waals surface area contributed by atoms with E-state index in [4.69, 9.17) is 4.74 Å². The Labute approximate surface area is 122 Å². The van der Waals surface area contributed by atoms with Crippen LogP contribution in [0.4, 0.5) is 0 Å². The number of hydrogen-bond donors (Lipinski definition) is 1. The van der Waals surface area contributed by atoms with Crippen LogP contribution in [-0.2, 0) is 24.2 Å². The van der Waals surface area contributed by atoms with E-state index in [2.05, 4.69) is 39.9 Å². The molecule has 0 spiro atoms. The largest absolute Gasteiger partial charge is 0.379 e. The normalized spacial score (nSPS) is 16.7. The number of hydrogen-bond acceptors (Lipinski definition) is 4. The number of aromatic nitrogens is 2. The van der Waals surface area contributed by atoms with E-state index in [1.807, 2.05) is 0 Å². The van der Waals surface area contributed by atoms with Crippen LogP contribution in [0.1, 0.15) is 31.7 Å². The van der Waals surface area contributed by atoms with E-state index >= 15 is 0 Å². The van der Waals surface area contributed by atoms with Crippen LogP contribution in [0.3, 0.4) is 0 Å². The molecule has 1 fully saturated rings. The molecule has 1 aliphatic heterocycles. The molecule has 0 aliphatic carbocycles. The first-order chi connectivity index (χ1) is 9.83. The zero-order valence-electron chi connectivity index (χ0n) is 12.9. The average molecular weight is 280 g/mol. The molecule has 0 bridgehead atoms.